The molecular weight excluding hydrogens is 288 g/mol. The molecule has 122 valence electrons. The number of benzene rings is 1. The van der Waals surface area contributed by atoms with Gasteiger partial charge in [-0.1, -0.05) is 39.3 Å². The minimum absolute atomic E-state index is 0.544. The van der Waals surface area contributed by atoms with Gasteiger partial charge >= 0.3 is 0 Å². The molecule has 1 aromatic rings. The Bertz CT molecular complexity index is 461. The number of anilines is 1. The summed E-state index contributed by atoms with van der Waals surface area (Å²) in [6, 6.07) is 9.20. The van der Waals surface area contributed by atoms with Gasteiger partial charge in [-0.3, -0.25) is 0 Å². The van der Waals surface area contributed by atoms with Gasteiger partial charge in [-0.15, -0.1) is 0 Å². The molecule has 0 amide bonds. The maximum Gasteiger partial charge on any atom is 0.170 e. The molecule has 22 heavy (non-hydrogen) atoms. The topological polar surface area (TPSA) is 24.1 Å². The molecule has 2 nitrogen and oxygen atoms in total. The number of hydrogen-bond acceptors (Lipinski definition) is 1. The van der Waals surface area contributed by atoms with E-state index in [4.69, 9.17) is 12.2 Å². The van der Waals surface area contributed by atoms with Crippen LogP contribution in [0.2, 0.25) is 0 Å². The first-order valence-electron chi connectivity index (χ1n) is 8.79. The highest BCUT2D eigenvalue weighted by Crippen LogP contribution is 2.26. The highest BCUT2D eigenvalue weighted by atomic mass is 32.1. The Morgan fingerprint density at radius 3 is 2.32 bits per heavy atom. The van der Waals surface area contributed by atoms with E-state index in [0.717, 1.165) is 16.7 Å². The third-order valence-corrected chi connectivity index (χ3v) is 5.33. The average Bonchev–Trinajstić information content (AvgIpc) is 2.55. The van der Waals surface area contributed by atoms with E-state index in [9.17, 15) is 0 Å². The smallest absolute Gasteiger partial charge is 0.170 e. The van der Waals surface area contributed by atoms with E-state index in [2.05, 4.69) is 55.7 Å². The van der Waals surface area contributed by atoms with Crippen LogP contribution >= 0.6 is 12.2 Å². The molecule has 1 aliphatic rings. The van der Waals surface area contributed by atoms with Gasteiger partial charge in [0.25, 0.3) is 0 Å². The average molecular weight is 319 g/mol. The summed E-state index contributed by atoms with van der Waals surface area (Å²) in [7, 11) is 0. The van der Waals surface area contributed by atoms with Crippen molar-refractivity contribution in [1.29, 1.82) is 0 Å². The second-order valence-electron chi connectivity index (χ2n) is 6.66. The highest BCUT2D eigenvalue weighted by Gasteiger charge is 2.20. The molecule has 0 aliphatic heterocycles. The van der Waals surface area contributed by atoms with Crippen molar-refractivity contribution in [1.82, 2.24) is 5.32 Å². The van der Waals surface area contributed by atoms with E-state index in [0.29, 0.717) is 12.0 Å². The molecule has 2 rings (SSSR count). The van der Waals surface area contributed by atoms with Crippen molar-refractivity contribution < 1.29 is 0 Å². The highest BCUT2D eigenvalue weighted by molar-refractivity contribution is 7.80. The van der Waals surface area contributed by atoms with E-state index in [1.54, 1.807) is 0 Å². The van der Waals surface area contributed by atoms with Gasteiger partial charge in [-0.25, -0.2) is 0 Å². The summed E-state index contributed by atoms with van der Waals surface area (Å²) in [6.07, 6.45) is 7.65. The molecule has 3 heteroatoms. The predicted molar refractivity (Wildman–Crippen MR) is 101 cm³/mol. The third-order valence-electron chi connectivity index (χ3n) is 5.11. The molecule has 1 atom stereocenters. The Morgan fingerprint density at radius 1 is 1.14 bits per heavy atom. The molecule has 1 aliphatic carbocycles. The van der Waals surface area contributed by atoms with Gasteiger partial charge in [0.05, 0.1) is 0 Å². The fraction of sp³-hybridized carbons (Fsp3) is 0.632. The summed E-state index contributed by atoms with van der Waals surface area (Å²) in [5.41, 5.74) is 2.47. The fourth-order valence-corrected chi connectivity index (χ4v) is 3.48. The Morgan fingerprint density at radius 2 is 1.77 bits per heavy atom. The Balaban J connectivity index is 1.79. The molecule has 2 N–H and O–H groups in total. The largest absolute Gasteiger partial charge is 0.360 e. The molecular formula is C19H30N2S. The van der Waals surface area contributed by atoms with Crippen LogP contribution in [-0.2, 0) is 0 Å². The molecule has 0 aromatic heterocycles. The second-order valence-corrected chi connectivity index (χ2v) is 7.06. The van der Waals surface area contributed by atoms with E-state index < -0.39 is 0 Å². The van der Waals surface area contributed by atoms with Crippen LogP contribution in [-0.4, -0.2) is 11.2 Å². The van der Waals surface area contributed by atoms with Gasteiger partial charge in [0, 0.05) is 11.7 Å². The summed E-state index contributed by atoms with van der Waals surface area (Å²) in [5, 5.41) is 7.56. The van der Waals surface area contributed by atoms with Crippen molar-refractivity contribution in [3.63, 3.8) is 0 Å². The van der Waals surface area contributed by atoms with Crippen molar-refractivity contribution in [2.24, 2.45) is 5.92 Å². The van der Waals surface area contributed by atoms with E-state index in [-0.39, 0.29) is 0 Å². The van der Waals surface area contributed by atoms with Crippen molar-refractivity contribution in [3.05, 3.63) is 29.8 Å². The molecule has 0 spiro atoms. The summed E-state index contributed by atoms with van der Waals surface area (Å²) >= 11 is 5.46. The maximum absolute atomic E-state index is 5.46. The first-order chi connectivity index (χ1) is 10.6. The Kier molecular flexibility index (Phi) is 6.69. The fourth-order valence-electron chi connectivity index (χ4n) is 3.20. The van der Waals surface area contributed by atoms with Crippen LogP contribution in [0.15, 0.2) is 24.3 Å². The Labute approximate surface area is 141 Å². The molecule has 0 saturated heterocycles. The maximum atomic E-state index is 5.46. The summed E-state index contributed by atoms with van der Waals surface area (Å²) in [4.78, 5) is 0. The molecule has 0 heterocycles. The molecule has 0 radical (unpaired) electrons. The zero-order valence-corrected chi connectivity index (χ0v) is 15.0. The molecule has 1 fully saturated rings. The van der Waals surface area contributed by atoms with E-state index >= 15 is 0 Å². The van der Waals surface area contributed by atoms with Crippen LogP contribution < -0.4 is 10.6 Å². The number of rotatable bonds is 5. The molecule has 1 unspecified atom stereocenters. The van der Waals surface area contributed by atoms with Crippen LogP contribution in [0.3, 0.4) is 0 Å². The van der Waals surface area contributed by atoms with Crippen LogP contribution in [0.5, 0.6) is 0 Å². The lowest BCUT2D eigenvalue weighted by Gasteiger charge is -2.29. The van der Waals surface area contributed by atoms with Crippen LogP contribution in [0.1, 0.15) is 70.8 Å². The van der Waals surface area contributed by atoms with Crippen molar-refractivity contribution in [3.8, 4) is 0 Å². The van der Waals surface area contributed by atoms with Gasteiger partial charge < -0.3 is 10.6 Å². The van der Waals surface area contributed by atoms with Crippen LogP contribution in [0.4, 0.5) is 5.69 Å². The third kappa shape index (κ3) is 4.98. The zero-order chi connectivity index (χ0) is 15.9. The summed E-state index contributed by atoms with van der Waals surface area (Å²) < 4.78 is 0. The van der Waals surface area contributed by atoms with Crippen LogP contribution in [0.25, 0.3) is 0 Å². The first-order valence-corrected chi connectivity index (χ1v) is 9.20. The first kappa shape index (κ1) is 17.3. The Hall–Kier alpha value is -1.09. The zero-order valence-electron chi connectivity index (χ0n) is 14.2. The monoisotopic (exact) mass is 318 g/mol. The van der Waals surface area contributed by atoms with Gasteiger partial charge in [0.2, 0.25) is 0 Å². The van der Waals surface area contributed by atoms with E-state index in [1.165, 1.54) is 44.1 Å². The molecule has 1 aromatic carbocycles. The molecule has 0 bridgehead atoms. The minimum Gasteiger partial charge on any atom is -0.360 e. The van der Waals surface area contributed by atoms with Gasteiger partial charge in [-0.2, -0.15) is 0 Å². The summed E-state index contributed by atoms with van der Waals surface area (Å²) in [5.74, 6) is 1.54. The van der Waals surface area contributed by atoms with E-state index in [1.807, 2.05) is 0 Å². The quantitative estimate of drug-likeness (QED) is 0.705. The van der Waals surface area contributed by atoms with Gasteiger partial charge in [-0.05, 0) is 73.9 Å². The second kappa shape index (κ2) is 8.52. The standard InChI is InChI=1S/C19H30N2S/c1-4-14(3)16-8-12-18(13-9-16)21-19(22)20-17-10-6-15(5-2)7-11-17/h8-9,12-15,17H,4-7,10-11H2,1-3H3,(H2,20,21,22). The van der Waals surface area contributed by atoms with Crippen molar-refractivity contribution in [2.45, 2.75) is 71.3 Å². The lowest BCUT2D eigenvalue weighted by Crippen LogP contribution is -2.39. The van der Waals surface area contributed by atoms with Gasteiger partial charge in [0.15, 0.2) is 5.11 Å². The van der Waals surface area contributed by atoms with Crippen molar-refractivity contribution in [2.75, 3.05) is 5.32 Å². The molecule has 1 saturated carbocycles. The van der Waals surface area contributed by atoms with Crippen molar-refractivity contribution >= 4 is 23.0 Å². The SMILES string of the molecule is CCC1CCC(NC(=S)Nc2ccc(C(C)CC)cc2)CC1. The summed E-state index contributed by atoms with van der Waals surface area (Å²) in [6.45, 7) is 6.79. The number of hydrogen-bond donors (Lipinski definition) is 2. The van der Waals surface area contributed by atoms with Crippen LogP contribution in [0, 0.1) is 5.92 Å². The predicted octanol–water partition coefficient (Wildman–Crippen LogP) is 5.46. The minimum atomic E-state index is 0.544. The number of nitrogens with one attached hydrogen (secondary N) is 2. The number of thiocarbonyl (C=S) groups is 1. The normalized spacial score (nSPS) is 22.9. The lowest BCUT2D eigenvalue weighted by molar-refractivity contribution is 0.306. The lowest BCUT2D eigenvalue weighted by atomic mass is 9.85. The van der Waals surface area contributed by atoms with Gasteiger partial charge in [0.1, 0.15) is 0 Å².